The topological polar surface area (TPSA) is 82.1 Å². The number of carbonyl (C=O) groups excluding carboxylic acids is 1. The normalized spacial score (nSPS) is 24.3. The molecule has 2 aliphatic heterocycles. The van der Waals surface area contributed by atoms with Gasteiger partial charge in [0.05, 0.1) is 30.0 Å². The van der Waals surface area contributed by atoms with E-state index in [1.54, 1.807) is 20.8 Å². The summed E-state index contributed by atoms with van der Waals surface area (Å²) >= 11 is 9.55. The van der Waals surface area contributed by atoms with Gasteiger partial charge in [-0.1, -0.05) is 41.9 Å². The van der Waals surface area contributed by atoms with Crippen molar-refractivity contribution in [1.82, 2.24) is 4.90 Å². The van der Waals surface area contributed by atoms with Gasteiger partial charge in [-0.25, -0.2) is 9.18 Å². The molecule has 190 valence electrons. The predicted octanol–water partition coefficient (Wildman–Crippen LogP) is 5.43. The molecule has 35 heavy (non-hydrogen) atoms. The van der Waals surface area contributed by atoms with Crippen LogP contribution in [0, 0.1) is 5.82 Å². The molecule has 4 rings (SSSR count). The Morgan fingerprint density at radius 3 is 2.54 bits per heavy atom. The van der Waals surface area contributed by atoms with Gasteiger partial charge in [-0.2, -0.15) is 8.42 Å². The summed E-state index contributed by atoms with van der Waals surface area (Å²) in [7, 11) is -3.79. The van der Waals surface area contributed by atoms with Gasteiger partial charge in [-0.3, -0.25) is 9.08 Å². The van der Waals surface area contributed by atoms with Crippen LogP contribution >= 0.6 is 27.5 Å². The van der Waals surface area contributed by atoms with E-state index >= 15 is 0 Å². The number of nitrogens with zero attached hydrogens (tertiary/aromatic N) is 1. The summed E-state index contributed by atoms with van der Waals surface area (Å²) in [6, 6.07) is 9.78. The average Bonchev–Trinajstić information content (AvgIpc) is 3.33. The van der Waals surface area contributed by atoms with Crippen LogP contribution in [0.5, 0.6) is 5.75 Å². The Kier molecular flexibility index (Phi) is 6.89. The molecule has 2 aromatic carbocycles. The molecular weight excluding hydrogens is 565 g/mol. The number of hydrogen-bond donors (Lipinski definition) is 0. The highest BCUT2D eigenvalue weighted by Crippen LogP contribution is 2.51. The Labute approximate surface area is 217 Å². The maximum absolute atomic E-state index is 14.5. The zero-order chi connectivity index (χ0) is 25.8. The first-order valence-electron chi connectivity index (χ1n) is 11.0. The molecule has 2 aromatic rings. The SMILES string of the molecule is CC(C)(C)OC(=O)N1C[C@@H](OS(C)(=O)=O)C[C@H]1[C@@]1(c2ccccc2)Cc2c(cc(F)c(Cl)c2Br)O1. The minimum atomic E-state index is -3.79. The van der Waals surface area contributed by atoms with Crippen LogP contribution in [-0.4, -0.2) is 50.0 Å². The molecule has 0 aliphatic carbocycles. The third kappa shape index (κ3) is 5.30. The molecule has 0 aromatic heterocycles. The minimum absolute atomic E-state index is 0.0166. The van der Waals surface area contributed by atoms with Crippen LogP contribution in [0.15, 0.2) is 40.9 Å². The second-order valence-electron chi connectivity index (χ2n) is 9.80. The highest BCUT2D eigenvalue weighted by Gasteiger charge is 2.56. The maximum atomic E-state index is 14.5. The van der Waals surface area contributed by atoms with Crippen molar-refractivity contribution in [2.24, 2.45) is 0 Å². The van der Waals surface area contributed by atoms with E-state index in [0.29, 0.717) is 15.8 Å². The van der Waals surface area contributed by atoms with Gasteiger partial charge in [0.25, 0.3) is 10.1 Å². The number of benzene rings is 2. The van der Waals surface area contributed by atoms with Gasteiger partial charge in [-0.15, -0.1) is 0 Å². The fourth-order valence-electron chi connectivity index (χ4n) is 4.70. The summed E-state index contributed by atoms with van der Waals surface area (Å²) in [5.74, 6) is -0.353. The summed E-state index contributed by atoms with van der Waals surface area (Å²) in [4.78, 5) is 14.8. The van der Waals surface area contributed by atoms with Crippen LogP contribution in [0.2, 0.25) is 5.02 Å². The Morgan fingerprint density at radius 1 is 1.29 bits per heavy atom. The van der Waals surface area contributed by atoms with Crippen molar-refractivity contribution in [3.05, 3.63) is 62.8 Å². The molecule has 7 nitrogen and oxygen atoms in total. The smallest absolute Gasteiger partial charge is 0.410 e. The highest BCUT2D eigenvalue weighted by atomic mass is 79.9. The number of rotatable bonds is 4. The predicted molar refractivity (Wildman–Crippen MR) is 133 cm³/mol. The monoisotopic (exact) mass is 589 g/mol. The van der Waals surface area contributed by atoms with E-state index in [9.17, 15) is 17.6 Å². The second kappa shape index (κ2) is 9.21. The Hall–Kier alpha value is -1.88. The molecule has 0 radical (unpaired) electrons. The average molecular weight is 591 g/mol. The summed E-state index contributed by atoms with van der Waals surface area (Å²) in [5.41, 5.74) is -0.568. The van der Waals surface area contributed by atoms with Gasteiger partial charge in [0.2, 0.25) is 0 Å². The van der Waals surface area contributed by atoms with Gasteiger partial charge in [0, 0.05) is 28.9 Å². The second-order valence-corrected chi connectivity index (χ2v) is 12.6. The molecular formula is C24H26BrClFNO6S. The molecule has 0 spiro atoms. The molecule has 1 saturated heterocycles. The van der Waals surface area contributed by atoms with E-state index in [4.69, 9.17) is 25.3 Å². The molecule has 11 heteroatoms. The van der Waals surface area contributed by atoms with Crippen molar-refractivity contribution in [2.45, 2.75) is 57.0 Å². The first-order valence-corrected chi connectivity index (χ1v) is 14.0. The molecule has 1 amide bonds. The summed E-state index contributed by atoms with van der Waals surface area (Å²) in [5, 5.41) is -0.0649. The third-order valence-electron chi connectivity index (χ3n) is 5.96. The molecule has 0 unspecified atom stereocenters. The van der Waals surface area contributed by atoms with Gasteiger partial charge in [-0.05, 0) is 42.3 Å². The largest absolute Gasteiger partial charge is 0.480 e. The number of ether oxygens (including phenoxy) is 2. The lowest BCUT2D eigenvalue weighted by atomic mass is 9.81. The van der Waals surface area contributed by atoms with Crippen LogP contribution in [0.4, 0.5) is 9.18 Å². The van der Waals surface area contributed by atoms with Crippen LogP contribution in [0.25, 0.3) is 0 Å². The van der Waals surface area contributed by atoms with Crippen molar-refractivity contribution >= 4 is 43.7 Å². The van der Waals surface area contributed by atoms with Crippen molar-refractivity contribution in [2.75, 3.05) is 12.8 Å². The zero-order valence-electron chi connectivity index (χ0n) is 19.7. The van der Waals surface area contributed by atoms with E-state index in [1.165, 1.54) is 11.0 Å². The number of fused-ring (bicyclic) bond motifs is 1. The van der Waals surface area contributed by atoms with E-state index in [0.717, 1.165) is 11.8 Å². The zero-order valence-corrected chi connectivity index (χ0v) is 22.8. The minimum Gasteiger partial charge on any atom is -0.480 e. The molecule has 0 saturated carbocycles. The first-order chi connectivity index (χ1) is 16.2. The number of amides is 1. The Balaban J connectivity index is 1.83. The molecule has 0 N–H and O–H groups in total. The molecule has 1 fully saturated rings. The number of likely N-dealkylation sites (tertiary alicyclic amines) is 1. The molecule has 0 bridgehead atoms. The van der Waals surface area contributed by atoms with E-state index in [2.05, 4.69) is 15.9 Å². The quantitative estimate of drug-likeness (QED) is 0.349. The van der Waals surface area contributed by atoms with E-state index in [1.807, 2.05) is 30.3 Å². The number of halogens is 3. The van der Waals surface area contributed by atoms with E-state index in [-0.39, 0.29) is 24.4 Å². The van der Waals surface area contributed by atoms with E-state index < -0.39 is 45.4 Å². The van der Waals surface area contributed by atoms with Crippen molar-refractivity contribution in [3.8, 4) is 5.75 Å². The lowest BCUT2D eigenvalue weighted by Crippen LogP contribution is -2.53. The lowest BCUT2D eigenvalue weighted by molar-refractivity contribution is -0.0216. The summed E-state index contributed by atoms with van der Waals surface area (Å²) in [6.45, 7) is 5.23. The van der Waals surface area contributed by atoms with Gasteiger partial charge in [0.1, 0.15) is 17.2 Å². The molecule has 3 atom stereocenters. The number of hydrogen-bond acceptors (Lipinski definition) is 6. The van der Waals surface area contributed by atoms with Crippen LogP contribution in [-0.2, 0) is 31.1 Å². The van der Waals surface area contributed by atoms with Crippen LogP contribution in [0.3, 0.4) is 0 Å². The standard InChI is InChI=1S/C24H26BrClFNO6S/c1-23(2,3)33-22(29)28-13-15(34-35(4,30)31)10-19(28)24(14-8-6-5-7-9-14)12-16-18(32-24)11-17(27)21(26)20(16)25/h5-9,11,15,19H,10,12-13H2,1-4H3/t15-,19-,24-/m0/s1. The summed E-state index contributed by atoms with van der Waals surface area (Å²) in [6.07, 6.45) is -0.0557. The van der Waals surface area contributed by atoms with Crippen LogP contribution < -0.4 is 4.74 Å². The fraction of sp³-hybridized carbons (Fsp3) is 0.458. The van der Waals surface area contributed by atoms with Crippen LogP contribution in [0.1, 0.15) is 38.3 Å². The van der Waals surface area contributed by atoms with Crippen molar-refractivity contribution < 1.29 is 31.3 Å². The van der Waals surface area contributed by atoms with Gasteiger partial charge >= 0.3 is 6.09 Å². The van der Waals surface area contributed by atoms with Crippen molar-refractivity contribution in [1.29, 1.82) is 0 Å². The first kappa shape index (κ1) is 26.2. The molecule has 2 aliphatic rings. The Morgan fingerprint density at radius 2 is 1.94 bits per heavy atom. The third-order valence-corrected chi connectivity index (χ3v) is 8.05. The maximum Gasteiger partial charge on any atom is 0.410 e. The van der Waals surface area contributed by atoms with Crippen molar-refractivity contribution in [3.63, 3.8) is 0 Å². The number of carbonyl (C=O) groups is 1. The summed E-state index contributed by atoms with van der Waals surface area (Å²) < 4.78 is 56.1. The highest BCUT2D eigenvalue weighted by molar-refractivity contribution is 9.10. The lowest BCUT2D eigenvalue weighted by Gasteiger charge is -2.40. The fourth-order valence-corrected chi connectivity index (χ4v) is 6.03. The Bertz CT molecular complexity index is 1250. The van der Waals surface area contributed by atoms with Gasteiger partial charge < -0.3 is 9.47 Å². The van der Waals surface area contributed by atoms with Gasteiger partial charge in [0.15, 0.2) is 5.60 Å². The molecule has 2 heterocycles.